The summed E-state index contributed by atoms with van der Waals surface area (Å²) >= 11 is 9.01. The van der Waals surface area contributed by atoms with E-state index in [-0.39, 0.29) is 12.3 Å². The second-order valence-corrected chi connectivity index (χ2v) is 5.44. The molecule has 0 bridgehead atoms. The van der Waals surface area contributed by atoms with Crippen LogP contribution in [-0.4, -0.2) is 35.7 Å². The van der Waals surface area contributed by atoms with E-state index in [1.165, 1.54) is 7.05 Å². The standard InChI is InChI=1S/C12H10BrClN2O3/c1-16-10(17)5-9(12(16)19)15-11(18)7-3-2-6(14)4-8(7)13/h2-4,9H,5H2,1H3,(H,15,18). The van der Waals surface area contributed by atoms with Crippen molar-refractivity contribution < 1.29 is 14.4 Å². The second kappa shape index (κ2) is 5.30. The molecule has 0 aromatic heterocycles. The lowest BCUT2D eigenvalue weighted by atomic mass is 10.2. The fourth-order valence-electron chi connectivity index (χ4n) is 1.78. The van der Waals surface area contributed by atoms with Crippen molar-refractivity contribution in [1.29, 1.82) is 0 Å². The molecular weight excluding hydrogens is 336 g/mol. The van der Waals surface area contributed by atoms with Crippen molar-refractivity contribution in [3.63, 3.8) is 0 Å². The first-order valence-electron chi connectivity index (χ1n) is 5.46. The van der Waals surface area contributed by atoms with Crippen LogP contribution in [-0.2, 0) is 9.59 Å². The van der Waals surface area contributed by atoms with Gasteiger partial charge in [0.1, 0.15) is 6.04 Å². The average Bonchev–Trinajstić information content (AvgIpc) is 2.57. The number of hydrogen-bond donors (Lipinski definition) is 1. The van der Waals surface area contributed by atoms with E-state index < -0.39 is 17.9 Å². The predicted molar refractivity (Wildman–Crippen MR) is 72.8 cm³/mol. The first kappa shape index (κ1) is 14.0. The van der Waals surface area contributed by atoms with Crippen LogP contribution in [0.25, 0.3) is 0 Å². The Labute approximate surface area is 123 Å². The van der Waals surface area contributed by atoms with Gasteiger partial charge in [0, 0.05) is 16.5 Å². The molecule has 1 aliphatic rings. The lowest BCUT2D eigenvalue weighted by Gasteiger charge is -2.12. The molecule has 19 heavy (non-hydrogen) atoms. The number of amides is 3. The minimum Gasteiger partial charge on any atom is -0.340 e. The Balaban J connectivity index is 2.14. The SMILES string of the molecule is CN1C(=O)CC(NC(=O)c2ccc(Cl)cc2Br)C1=O. The van der Waals surface area contributed by atoms with Crippen LogP contribution in [0.3, 0.4) is 0 Å². The van der Waals surface area contributed by atoms with Gasteiger partial charge in [-0.05, 0) is 34.1 Å². The van der Waals surface area contributed by atoms with Crippen LogP contribution in [0.2, 0.25) is 5.02 Å². The maximum Gasteiger partial charge on any atom is 0.253 e. The van der Waals surface area contributed by atoms with Crippen LogP contribution in [0.5, 0.6) is 0 Å². The molecule has 0 radical (unpaired) electrons. The zero-order chi connectivity index (χ0) is 14.2. The predicted octanol–water partition coefficient (Wildman–Crippen LogP) is 1.59. The van der Waals surface area contributed by atoms with Crippen molar-refractivity contribution in [1.82, 2.24) is 10.2 Å². The summed E-state index contributed by atoms with van der Waals surface area (Å²) in [4.78, 5) is 36.1. The van der Waals surface area contributed by atoms with Gasteiger partial charge in [-0.15, -0.1) is 0 Å². The molecule has 7 heteroatoms. The Kier molecular flexibility index (Phi) is 3.91. The largest absolute Gasteiger partial charge is 0.340 e. The Bertz CT molecular complexity index is 576. The monoisotopic (exact) mass is 344 g/mol. The molecule has 1 heterocycles. The highest BCUT2D eigenvalue weighted by molar-refractivity contribution is 9.10. The molecule has 1 aliphatic heterocycles. The van der Waals surface area contributed by atoms with Crippen LogP contribution in [0, 0.1) is 0 Å². The number of carbonyl (C=O) groups is 3. The summed E-state index contributed by atoms with van der Waals surface area (Å²) in [5, 5.41) is 3.04. The lowest BCUT2D eigenvalue weighted by Crippen LogP contribution is -2.40. The molecule has 5 nitrogen and oxygen atoms in total. The number of rotatable bonds is 2. The van der Waals surface area contributed by atoms with Crippen LogP contribution in [0.4, 0.5) is 0 Å². The van der Waals surface area contributed by atoms with Crippen molar-refractivity contribution in [2.45, 2.75) is 12.5 Å². The number of likely N-dealkylation sites (tertiary alicyclic amines) is 1. The van der Waals surface area contributed by atoms with Gasteiger partial charge in [-0.2, -0.15) is 0 Å². The summed E-state index contributed by atoms with van der Waals surface area (Å²) in [5.74, 6) is -1.13. The van der Waals surface area contributed by atoms with E-state index in [4.69, 9.17) is 11.6 Å². The fourth-order valence-corrected chi connectivity index (χ4v) is 2.64. The minimum absolute atomic E-state index is 0.00766. The second-order valence-electron chi connectivity index (χ2n) is 4.15. The van der Waals surface area contributed by atoms with Gasteiger partial charge in [0.25, 0.3) is 11.8 Å². The van der Waals surface area contributed by atoms with Crippen LogP contribution in [0.1, 0.15) is 16.8 Å². The lowest BCUT2D eigenvalue weighted by molar-refractivity contribution is -0.137. The first-order chi connectivity index (χ1) is 8.90. The minimum atomic E-state index is -0.799. The Morgan fingerprint density at radius 3 is 2.68 bits per heavy atom. The van der Waals surface area contributed by atoms with Crippen molar-refractivity contribution in [3.8, 4) is 0 Å². The Morgan fingerprint density at radius 2 is 2.16 bits per heavy atom. The third-order valence-corrected chi connectivity index (χ3v) is 3.75. The zero-order valence-corrected chi connectivity index (χ0v) is 12.3. The Hall–Kier alpha value is -1.40. The maximum absolute atomic E-state index is 12.0. The summed E-state index contributed by atoms with van der Waals surface area (Å²) in [6.07, 6.45) is -0.00766. The molecule has 0 saturated carbocycles. The summed E-state index contributed by atoms with van der Waals surface area (Å²) in [6.45, 7) is 0. The van der Waals surface area contributed by atoms with E-state index in [9.17, 15) is 14.4 Å². The number of benzene rings is 1. The van der Waals surface area contributed by atoms with Gasteiger partial charge in [0.15, 0.2) is 0 Å². The number of carbonyl (C=O) groups excluding carboxylic acids is 3. The van der Waals surface area contributed by atoms with E-state index in [1.54, 1.807) is 18.2 Å². The van der Waals surface area contributed by atoms with Crippen molar-refractivity contribution in [2.24, 2.45) is 0 Å². The van der Waals surface area contributed by atoms with E-state index >= 15 is 0 Å². The molecule has 1 fully saturated rings. The summed E-state index contributed by atoms with van der Waals surface area (Å²) < 4.78 is 0.530. The average molecular weight is 346 g/mol. The number of nitrogens with zero attached hydrogens (tertiary/aromatic N) is 1. The molecule has 1 unspecified atom stereocenters. The molecule has 1 N–H and O–H groups in total. The third kappa shape index (κ3) is 2.79. The first-order valence-corrected chi connectivity index (χ1v) is 6.63. The molecule has 3 amide bonds. The van der Waals surface area contributed by atoms with Gasteiger partial charge in [-0.3, -0.25) is 19.3 Å². The van der Waals surface area contributed by atoms with Gasteiger partial charge in [0.2, 0.25) is 5.91 Å². The van der Waals surface area contributed by atoms with E-state index in [0.717, 1.165) is 4.90 Å². The summed E-state index contributed by atoms with van der Waals surface area (Å²) in [7, 11) is 1.40. The summed E-state index contributed by atoms with van der Waals surface area (Å²) in [5.41, 5.74) is 0.360. The van der Waals surface area contributed by atoms with Gasteiger partial charge < -0.3 is 5.32 Å². The van der Waals surface area contributed by atoms with E-state index in [1.807, 2.05) is 0 Å². The zero-order valence-electron chi connectivity index (χ0n) is 9.94. The number of likely N-dealkylation sites (N-methyl/N-ethyl adjacent to an activating group) is 1. The number of imide groups is 1. The van der Waals surface area contributed by atoms with Gasteiger partial charge >= 0.3 is 0 Å². The van der Waals surface area contributed by atoms with E-state index in [2.05, 4.69) is 21.2 Å². The van der Waals surface area contributed by atoms with E-state index in [0.29, 0.717) is 15.1 Å². The molecular formula is C12H10BrClN2O3. The van der Waals surface area contributed by atoms with Crippen LogP contribution < -0.4 is 5.32 Å². The molecule has 100 valence electrons. The molecule has 1 aromatic carbocycles. The molecule has 1 saturated heterocycles. The molecule has 1 aromatic rings. The smallest absolute Gasteiger partial charge is 0.253 e. The number of hydrogen-bond acceptors (Lipinski definition) is 3. The topological polar surface area (TPSA) is 66.5 Å². The third-order valence-electron chi connectivity index (χ3n) is 2.86. The van der Waals surface area contributed by atoms with Crippen molar-refractivity contribution >= 4 is 45.3 Å². The van der Waals surface area contributed by atoms with Gasteiger partial charge in [-0.25, -0.2) is 0 Å². The highest BCUT2D eigenvalue weighted by atomic mass is 79.9. The quantitative estimate of drug-likeness (QED) is 0.828. The Morgan fingerprint density at radius 1 is 1.47 bits per heavy atom. The molecule has 0 spiro atoms. The highest BCUT2D eigenvalue weighted by Gasteiger charge is 2.37. The fraction of sp³-hybridized carbons (Fsp3) is 0.250. The highest BCUT2D eigenvalue weighted by Crippen LogP contribution is 2.22. The van der Waals surface area contributed by atoms with Gasteiger partial charge in [-0.1, -0.05) is 11.6 Å². The molecule has 2 rings (SSSR count). The van der Waals surface area contributed by atoms with Crippen molar-refractivity contribution in [2.75, 3.05) is 7.05 Å². The van der Waals surface area contributed by atoms with Crippen LogP contribution in [0.15, 0.2) is 22.7 Å². The molecule has 1 atom stereocenters. The van der Waals surface area contributed by atoms with Crippen LogP contribution >= 0.6 is 27.5 Å². The molecule has 0 aliphatic carbocycles. The normalized spacial score (nSPS) is 18.9. The van der Waals surface area contributed by atoms with Gasteiger partial charge in [0.05, 0.1) is 12.0 Å². The summed E-state index contributed by atoms with van der Waals surface area (Å²) in [6, 6.07) is 3.92. The maximum atomic E-state index is 12.0. The number of halogens is 2. The van der Waals surface area contributed by atoms with Crippen molar-refractivity contribution in [3.05, 3.63) is 33.3 Å². The number of nitrogens with one attached hydrogen (secondary N) is 1.